The lowest BCUT2D eigenvalue weighted by Crippen LogP contribution is -2.41. The first-order chi connectivity index (χ1) is 14.2. The molecule has 1 aliphatic heterocycles. The van der Waals surface area contributed by atoms with Crippen LogP contribution in [0.2, 0.25) is 0 Å². The van der Waals surface area contributed by atoms with Gasteiger partial charge in [-0.05, 0) is 37.1 Å². The average Bonchev–Trinajstić information content (AvgIpc) is 3.44. The number of carbonyl (C=O) groups is 2. The Kier molecular flexibility index (Phi) is 5.37. The van der Waals surface area contributed by atoms with E-state index in [0.717, 1.165) is 17.7 Å². The molecule has 2 aromatic carbocycles. The third-order valence-electron chi connectivity index (χ3n) is 5.05. The molecule has 0 saturated carbocycles. The van der Waals surface area contributed by atoms with E-state index < -0.39 is 6.04 Å². The summed E-state index contributed by atoms with van der Waals surface area (Å²) in [6, 6.07) is 15.9. The van der Waals surface area contributed by atoms with Crippen LogP contribution in [0.3, 0.4) is 0 Å². The van der Waals surface area contributed by atoms with Crippen molar-refractivity contribution in [1.82, 2.24) is 15.0 Å². The summed E-state index contributed by atoms with van der Waals surface area (Å²) in [5, 5.41) is 3.96. The molecule has 0 bridgehead atoms. The van der Waals surface area contributed by atoms with Crippen molar-refractivity contribution in [3.8, 4) is 17.1 Å². The van der Waals surface area contributed by atoms with Gasteiger partial charge in [-0.3, -0.25) is 9.59 Å². The van der Waals surface area contributed by atoms with E-state index in [2.05, 4.69) is 10.1 Å². The molecule has 29 heavy (non-hydrogen) atoms. The summed E-state index contributed by atoms with van der Waals surface area (Å²) in [6.45, 7) is 0.557. The van der Waals surface area contributed by atoms with Crippen LogP contribution in [0, 0.1) is 0 Å². The SMILES string of the molecule is COc1ccc(-c2noc(CC(=O)N3CCCC3C(=O)c3ccccc3)n2)cc1. The molecule has 7 nitrogen and oxygen atoms in total. The van der Waals surface area contributed by atoms with Crippen LogP contribution < -0.4 is 4.74 Å². The summed E-state index contributed by atoms with van der Waals surface area (Å²) in [7, 11) is 1.60. The van der Waals surface area contributed by atoms with Gasteiger partial charge in [-0.1, -0.05) is 35.5 Å². The fraction of sp³-hybridized carbons (Fsp3) is 0.273. The van der Waals surface area contributed by atoms with E-state index in [1.54, 1.807) is 36.3 Å². The highest BCUT2D eigenvalue weighted by atomic mass is 16.5. The molecule has 3 aromatic rings. The first kappa shape index (κ1) is 18.9. The van der Waals surface area contributed by atoms with E-state index in [0.29, 0.717) is 24.4 Å². The van der Waals surface area contributed by atoms with Crippen molar-refractivity contribution >= 4 is 11.7 Å². The Morgan fingerprint density at radius 1 is 1.14 bits per heavy atom. The smallest absolute Gasteiger partial charge is 0.236 e. The Bertz CT molecular complexity index is 998. The fourth-order valence-electron chi connectivity index (χ4n) is 3.55. The van der Waals surface area contributed by atoms with Crippen LogP contribution in [-0.2, 0) is 11.2 Å². The molecule has 1 unspecified atom stereocenters. The summed E-state index contributed by atoms with van der Waals surface area (Å²) >= 11 is 0. The number of Topliss-reactive ketones (excluding diaryl/α,β-unsaturated/α-hetero) is 1. The standard InChI is InChI=1S/C22H21N3O4/c1-28-17-11-9-16(10-12-17)22-23-19(29-24-22)14-20(26)25-13-5-8-18(25)21(27)15-6-3-2-4-7-15/h2-4,6-7,9-12,18H,5,8,13-14H2,1H3. The Morgan fingerprint density at radius 3 is 2.62 bits per heavy atom. The number of hydrogen-bond acceptors (Lipinski definition) is 6. The van der Waals surface area contributed by atoms with Gasteiger partial charge in [0.2, 0.25) is 17.6 Å². The monoisotopic (exact) mass is 391 g/mol. The van der Waals surface area contributed by atoms with Crippen molar-refractivity contribution in [2.24, 2.45) is 0 Å². The number of methoxy groups -OCH3 is 1. The molecular formula is C22H21N3O4. The molecule has 0 radical (unpaired) electrons. The van der Waals surface area contributed by atoms with Crippen molar-refractivity contribution in [2.75, 3.05) is 13.7 Å². The molecule has 1 saturated heterocycles. The van der Waals surface area contributed by atoms with Gasteiger partial charge in [0.05, 0.1) is 13.2 Å². The van der Waals surface area contributed by atoms with Crippen molar-refractivity contribution in [3.63, 3.8) is 0 Å². The molecule has 1 amide bonds. The highest BCUT2D eigenvalue weighted by Crippen LogP contribution is 2.23. The number of ether oxygens (including phenoxy) is 1. The van der Waals surface area contributed by atoms with Gasteiger partial charge in [0.25, 0.3) is 0 Å². The van der Waals surface area contributed by atoms with Crippen LogP contribution in [0.1, 0.15) is 29.1 Å². The lowest BCUT2D eigenvalue weighted by atomic mass is 10.0. The molecule has 1 atom stereocenters. The summed E-state index contributed by atoms with van der Waals surface area (Å²) in [4.78, 5) is 31.6. The number of rotatable bonds is 6. The molecular weight excluding hydrogens is 370 g/mol. The number of likely N-dealkylation sites (tertiary alicyclic amines) is 1. The van der Waals surface area contributed by atoms with Crippen molar-refractivity contribution in [2.45, 2.75) is 25.3 Å². The van der Waals surface area contributed by atoms with Gasteiger partial charge in [-0.2, -0.15) is 4.98 Å². The molecule has 0 N–H and O–H groups in total. The number of carbonyl (C=O) groups excluding carboxylic acids is 2. The second-order valence-electron chi connectivity index (χ2n) is 6.89. The Balaban J connectivity index is 1.45. The Morgan fingerprint density at radius 2 is 1.90 bits per heavy atom. The molecule has 0 aliphatic carbocycles. The van der Waals surface area contributed by atoms with Gasteiger partial charge < -0.3 is 14.2 Å². The number of amides is 1. The molecule has 148 valence electrons. The molecule has 1 aromatic heterocycles. The zero-order chi connectivity index (χ0) is 20.2. The molecule has 7 heteroatoms. The second kappa shape index (κ2) is 8.26. The third-order valence-corrected chi connectivity index (χ3v) is 5.05. The third kappa shape index (κ3) is 4.03. The van der Waals surface area contributed by atoms with Crippen LogP contribution in [0.15, 0.2) is 59.1 Å². The molecule has 4 rings (SSSR count). The normalized spacial score (nSPS) is 16.0. The minimum absolute atomic E-state index is 0.0261. The van der Waals surface area contributed by atoms with Crippen LogP contribution in [-0.4, -0.2) is 46.4 Å². The van der Waals surface area contributed by atoms with Crippen LogP contribution >= 0.6 is 0 Å². The Hall–Kier alpha value is -3.48. The zero-order valence-electron chi connectivity index (χ0n) is 16.1. The predicted octanol–water partition coefficient (Wildman–Crippen LogP) is 3.16. The molecule has 1 fully saturated rings. The summed E-state index contributed by atoms with van der Waals surface area (Å²) in [5.74, 6) is 1.17. The summed E-state index contributed by atoms with van der Waals surface area (Å²) in [6.07, 6.45) is 1.44. The summed E-state index contributed by atoms with van der Waals surface area (Å²) < 4.78 is 10.4. The topological polar surface area (TPSA) is 85.5 Å². The van der Waals surface area contributed by atoms with Crippen molar-refractivity contribution < 1.29 is 18.8 Å². The van der Waals surface area contributed by atoms with Gasteiger partial charge >= 0.3 is 0 Å². The highest BCUT2D eigenvalue weighted by Gasteiger charge is 2.35. The van der Waals surface area contributed by atoms with Crippen molar-refractivity contribution in [1.29, 1.82) is 0 Å². The molecule has 0 spiro atoms. The number of benzene rings is 2. The minimum Gasteiger partial charge on any atom is -0.497 e. The minimum atomic E-state index is -0.436. The van der Waals surface area contributed by atoms with Gasteiger partial charge in [0, 0.05) is 17.7 Å². The van der Waals surface area contributed by atoms with Crippen LogP contribution in [0.5, 0.6) is 5.75 Å². The number of aromatic nitrogens is 2. The van der Waals surface area contributed by atoms with Gasteiger partial charge in [0.1, 0.15) is 12.2 Å². The lowest BCUT2D eigenvalue weighted by Gasteiger charge is -2.23. The first-order valence-electron chi connectivity index (χ1n) is 9.51. The lowest BCUT2D eigenvalue weighted by molar-refractivity contribution is -0.131. The first-order valence-corrected chi connectivity index (χ1v) is 9.51. The van der Waals surface area contributed by atoms with Gasteiger partial charge in [0.15, 0.2) is 5.78 Å². The van der Waals surface area contributed by atoms with E-state index in [9.17, 15) is 9.59 Å². The second-order valence-corrected chi connectivity index (χ2v) is 6.89. The quantitative estimate of drug-likeness (QED) is 0.600. The maximum Gasteiger partial charge on any atom is 0.236 e. The van der Waals surface area contributed by atoms with E-state index in [-0.39, 0.29) is 24.0 Å². The zero-order valence-corrected chi connectivity index (χ0v) is 16.1. The summed E-state index contributed by atoms with van der Waals surface area (Å²) in [5.41, 5.74) is 1.39. The van der Waals surface area contributed by atoms with Gasteiger partial charge in [-0.25, -0.2) is 0 Å². The maximum atomic E-state index is 12.8. The van der Waals surface area contributed by atoms with Gasteiger partial charge in [-0.15, -0.1) is 0 Å². The van der Waals surface area contributed by atoms with E-state index in [4.69, 9.17) is 9.26 Å². The van der Waals surface area contributed by atoms with Crippen LogP contribution in [0.25, 0.3) is 11.4 Å². The van der Waals surface area contributed by atoms with E-state index in [1.165, 1.54) is 0 Å². The largest absolute Gasteiger partial charge is 0.497 e. The molecule has 2 heterocycles. The van der Waals surface area contributed by atoms with E-state index >= 15 is 0 Å². The van der Waals surface area contributed by atoms with E-state index in [1.807, 2.05) is 30.3 Å². The van der Waals surface area contributed by atoms with Crippen molar-refractivity contribution in [3.05, 3.63) is 66.1 Å². The van der Waals surface area contributed by atoms with Crippen LogP contribution in [0.4, 0.5) is 0 Å². The maximum absolute atomic E-state index is 12.8. The molecule has 1 aliphatic rings. The number of ketones is 1. The number of hydrogen-bond donors (Lipinski definition) is 0. The average molecular weight is 391 g/mol. The number of nitrogens with zero attached hydrogens (tertiary/aromatic N) is 3. The highest BCUT2D eigenvalue weighted by molar-refractivity contribution is 6.02. The Labute approximate surface area is 168 Å². The fourth-order valence-corrected chi connectivity index (χ4v) is 3.55. The predicted molar refractivity (Wildman–Crippen MR) is 105 cm³/mol.